The van der Waals surface area contributed by atoms with Gasteiger partial charge in [0.05, 0.1) is 11.5 Å². The van der Waals surface area contributed by atoms with E-state index < -0.39 is 10.0 Å². The van der Waals surface area contributed by atoms with E-state index in [2.05, 4.69) is 4.98 Å². The Morgan fingerprint density at radius 2 is 1.79 bits per heavy atom. The molecule has 1 aromatic heterocycles. The molecule has 0 radical (unpaired) electrons. The Balaban J connectivity index is 1.53. The predicted molar refractivity (Wildman–Crippen MR) is 112 cm³/mol. The summed E-state index contributed by atoms with van der Waals surface area (Å²) in [5.74, 6) is 0.0369. The number of carbonyl (C=O) groups excluding carboxylic acids is 1. The SMILES string of the molecule is CCn1ccc(=O)nc1SCC(=O)N1CCN(S(=O)(=O)Cc2ccccc2)CC1. The summed E-state index contributed by atoms with van der Waals surface area (Å²) < 4.78 is 28.5. The van der Waals surface area contributed by atoms with Crippen LogP contribution in [0.2, 0.25) is 0 Å². The molecule has 3 rings (SSSR count). The van der Waals surface area contributed by atoms with Crippen molar-refractivity contribution in [3.8, 4) is 0 Å². The van der Waals surface area contributed by atoms with Gasteiger partial charge in [-0.05, 0) is 12.5 Å². The van der Waals surface area contributed by atoms with Gasteiger partial charge in [0, 0.05) is 45.0 Å². The average molecular weight is 437 g/mol. The van der Waals surface area contributed by atoms with Gasteiger partial charge in [0.15, 0.2) is 5.16 Å². The molecule has 156 valence electrons. The molecule has 8 nitrogen and oxygen atoms in total. The van der Waals surface area contributed by atoms with Crippen molar-refractivity contribution < 1.29 is 13.2 Å². The molecule has 0 atom stereocenters. The lowest BCUT2D eigenvalue weighted by molar-refractivity contribution is -0.129. The van der Waals surface area contributed by atoms with E-state index in [-0.39, 0.29) is 36.1 Å². The number of hydrogen-bond acceptors (Lipinski definition) is 6. The minimum absolute atomic E-state index is 0.0359. The van der Waals surface area contributed by atoms with Crippen molar-refractivity contribution in [2.75, 3.05) is 31.9 Å². The van der Waals surface area contributed by atoms with Gasteiger partial charge in [-0.25, -0.2) is 8.42 Å². The zero-order valence-corrected chi connectivity index (χ0v) is 17.9. The topological polar surface area (TPSA) is 92.6 Å². The molecular formula is C19H24N4O4S2. The average Bonchev–Trinajstić information content (AvgIpc) is 2.72. The van der Waals surface area contributed by atoms with Gasteiger partial charge in [0.1, 0.15) is 0 Å². The Hall–Kier alpha value is -2.17. The molecule has 0 N–H and O–H groups in total. The number of aromatic nitrogens is 2. The second-order valence-electron chi connectivity index (χ2n) is 6.64. The summed E-state index contributed by atoms with van der Waals surface area (Å²) in [5.41, 5.74) is 0.418. The van der Waals surface area contributed by atoms with Crippen molar-refractivity contribution in [1.29, 1.82) is 0 Å². The Morgan fingerprint density at radius 1 is 1.10 bits per heavy atom. The van der Waals surface area contributed by atoms with Gasteiger partial charge in [-0.15, -0.1) is 0 Å². The monoisotopic (exact) mass is 436 g/mol. The highest BCUT2D eigenvalue weighted by Crippen LogP contribution is 2.17. The third kappa shape index (κ3) is 5.68. The normalized spacial score (nSPS) is 15.4. The number of aryl methyl sites for hydroxylation is 1. The molecule has 0 bridgehead atoms. The van der Waals surface area contributed by atoms with E-state index in [1.54, 1.807) is 23.2 Å². The summed E-state index contributed by atoms with van der Waals surface area (Å²) in [4.78, 5) is 29.6. The summed E-state index contributed by atoms with van der Waals surface area (Å²) in [5, 5.41) is 0.512. The number of thioether (sulfide) groups is 1. The summed E-state index contributed by atoms with van der Waals surface area (Å²) >= 11 is 1.22. The van der Waals surface area contributed by atoms with Crippen LogP contribution in [0.5, 0.6) is 0 Å². The fraction of sp³-hybridized carbons (Fsp3) is 0.421. The van der Waals surface area contributed by atoms with Crippen LogP contribution < -0.4 is 5.56 Å². The van der Waals surface area contributed by atoms with E-state index in [4.69, 9.17) is 0 Å². The number of sulfonamides is 1. The zero-order chi connectivity index (χ0) is 20.9. The number of nitrogens with zero attached hydrogens (tertiary/aromatic N) is 4. The molecule has 29 heavy (non-hydrogen) atoms. The van der Waals surface area contributed by atoms with E-state index in [1.807, 2.05) is 29.7 Å². The highest BCUT2D eigenvalue weighted by Gasteiger charge is 2.29. The van der Waals surface area contributed by atoms with Crippen LogP contribution in [-0.2, 0) is 27.1 Å². The van der Waals surface area contributed by atoms with Gasteiger partial charge in [0.2, 0.25) is 15.9 Å². The first kappa shape index (κ1) is 21.5. The predicted octanol–water partition coefficient (Wildman–Crippen LogP) is 1.03. The number of benzene rings is 1. The van der Waals surface area contributed by atoms with Crippen LogP contribution in [0, 0.1) is 0 Å². The van der Waals surface area contributed by atoms with E-state index >= 15 is 0 Å². The number of carbonyl (C=O) groups is 1. The highest BCUT2D eigenvalue weighted by atomic mass is 32.2. The van der Waals surface area contributed by atoms with Crippen molar-refractivity contribution in [3.05, 3.63) is 58.5 Å². The van der Waals surface area contributed by atoms with Crippen molar-refractivity contribution in [2.24, 2.45) is 0 Å². The first-order valence-electron chi connectivity index (χ1n) is 9.39. The van der Waals surface area contributed by atoms with Crippen LogP contribution in [0.15, 0.2) is 52.5 Å². The lowest BCUT2D eigenvalue weighted by Gasteiger charge is -2.34. The van der Waals surface area contributed by atoms with E-state index in [0.717, 1.165) is 5.56 Å². The van der Waals surface area contributed by atoms with Crippen LogP contribution in [0.25, 0.3) is 0 Å². The third-order valence-corrected chi connectivity index (χ3v) is 7.52. The van der Waals surface area contributed by atoms with Gasteiger partial charge in [-0.1, -0.05) is 42.1 Å². The lowest BCUT2D eigenvalue weighted by atomic mass is 10.2. The maximum absolute atomic E-state index is 12.6. The maximum Gasteiger partial charge on any atom is 0.273 e. The van der Waals surface area contributed by atoms with Gasteiger partial charge < -0.3 is 9.47 Å². The van der Waals surface area contributed by atoms with Crippen LogP contribution >= 0.6 is 11.8 Å². The van der Waals surface area contributed by atoms with Crippen LogP contribution in [0.3, 0.4) is 0 Å². The molecule has 1 aliphatic rings. The highest BCUT2D eigenvalue weighted by molar-refractivity contribution is 7.99. The second-order valence-corrected chi connectivity index (χ2v) is 9.56. The quantitative estimate of drug-likeness (QED) is 0.476. The van der Waals surface area contributed by atoms with Crippen LogP contribution in [-0.4, -0.2) is 65.0 Å². The maximum atomic E-state index is 12.6. The number of rotatable bonds is 7. The Bertz CT molecular complexity index is 1000. The molecule has 0 saturated carbocycles. The Labute approximate surface area is 174 Å². The van der Waals surface area contributed by atoms with Gasteiger partial charge in [0.25, 0.3) is 5.56 Å². The molecule has 1 aromatic carbocycles. The van der Waals surface area contributed by atoms with Gasteiger partial charge in [-0.3, -0.25) is 9.59 Å². The largest absolute Gasteiger partial charge is 0.339 e. The van der Waals surface area contributed by atoms with Crippen LogP contribution in [0.4, 0.5) is 0 Å². The molecule has 2 aromatic rings. The lowest BCUT2D eigenvalue weighted by Crippen LogP contribution is -2.51. The fourth-order valence-electron chi connectivity index (χ4n) is 3.08. The first-order chi connectivity index (χ1) is 13.9. The molecule has 1 aliphatic heterocycles. The molecule has 2 heterocycles. The smallest absolute Gasteiger partial charge is 0.273 e. The van der Waals surface area contributed by atoms with Gasteiger partial charge >= 0.3 is 0 Å². The van der Waals surface area contributed by atoms with Crippen molar-refractivity contribution in [3.63, 3.8) is 0 Å². The Kier molecular flexibility index (Phi) is 7.09. The second kappa shape index (κ2) is 9.55. The van der Waals surface area contributed by atoms with E-state index in [1.165, 1.54) is 22.1 Å². The number of amides is 1. The number of piperazine rings is 1. The molecule has 10 heteroatoms. The minimum atomic E-state index is -3.41. The summed E-state index contributed by atoms with van der Waals surface area (Å²) in [7, 11) is -3.41. The Morgan fingerprint density at radius 3 is 2.45 bits per heavy atom. The molecule has 0 aliphatic carbocycles. The van der Waals surface area contributed by atoms with Crippen molar-refractivity contribution in [2.45, 2.75) is 24.4 Å². The molecule has 0 spiro atoms. The van der Waals surface area contributed by atoms with E-state index in [0.29, 0.717) is 24.8 Å². The first-order valence-corrected chi connectivity index (χ1v) is 12.0. The number of hydrogen-bond donors (Lipinski definition) is 0. The molecular weight excluding hydrogens is 412 g/mol. The summed E-state index contributed by atoms with van der Waals surface area (Å²) in [6.45, 7) is 3.88. The summed E-state index contributed by atoms with van der Waals surface area (Å²) in [6.07, 6.45) is 1.67. The minimum Gasteiger partial charge on any atom is -0.339 e. The standard InChI is InChI=1S/C19H24N4O4S2/c1-2-21-9-8-17(24)20-19(21)28-14-18(25)22-10-12-23(13-11-22)29(26,27)15-16-6-4-3-5-7-16/h3-9H,2,10-15H2,1H3. The van der Waals surface area contributed by atoms with Crippen molar-refractivity contribution >= 4 is 27.7 Å². The fourth-order valence-corrected chi connectivity index (χ4v) is 5.54. The van der Waals surface area contributed by atoms with Crippen LogP contribution in [0.1, 0.15) is 12.5 Å². The third-order valence-electron chi connectivity index (χ3n) is 4.69. The molecule has 1 saturated heterocycles. The van der Waals surface area contributed by atoms with E-state index in [9.17, 15) is 18.0 Å². The van der Waals surface area contributed by atoms with Gasteiger partial charge in [-0.2, -0.15) is 9.29 Å². The van der Waals surface area contributed by atoms with Crippen molar-refractivity contribution in [1.82, 2.24) is 18.8 Å². The molecule has 1 fully saturated rings. The zero-order valence-electron chi connectivity index (χ0n) is 16.2. The summed E-state index contributed by atoms with van der Waals surface area (Å²) in [6, 6.07) is 10.5. The molecule has 0 unspecified atom stereocenters. The molecule has 1 amide bonds.